The zero-order valence-electron chi connectivity index (χ0n) is 6.61. The smallest absolute Gasteiger partial charge is 0.157 e. The first-order chi connectivity index (χ1) is 6.36. The lowest BCUT2D eigenvalue weighted by Crippen LogP contribution is -1.88. The summed E-state index contributed by atoms with van der Waals surface area (Å²) in [6.07, 6.45) is 1.87. The second kappa shape index (κ2) is 3.66. The van der Waals surface area contributed by atoms with Gasteiger partial charge in [-0.25, -0.2) is 5.10 Å². The number of tetrazole rings is 1. The zero-order valence-corrected chi connectivity index (χ0v) is 8.19. The second-order valence-corrected chi connectivity index (χ2v) is 3.31. The molecule has 0 aliphatic rings. The SMILES string of the molecule is Brc1ccccc1[CH]c1nnn[nH]1. The van der Waals surface area contributed by atoms with Crippen molar-refractivity contribution in [2.24, 2.45) is 0 Å². The van der Waals surface area contributed by atoms with Gasteiger partial charge in [-0.05, 0) is 22.1 Å². The molecule has 0 unspecified atom stereocenters. The normalized spacial score (nSPS) is 10.2. The summed E-state index contributed by atoms with van der Waals surface area (Å²) in [6, 6.07) is 7.86. The molecule has 2 aromatic rings. The number of rotatable bonds is 2. The quantitative estimate of drug-likeness (QED) is 0.863. The van der Waals surface area contributed by atoms with Crippen molar-refractivity contribution in [3.63, 3.8) is 0 Å². The summed E-state index contributed by atoms with van der Waals surface area (Å²) >= 11 is 3.43. The topological polar surface area (TPSA) is 54.5 Å². The number of aromatic amines is 1. The lowest BCUT2D eigenvalue weighted by atomic mass is 10.1. The maximum absolute atomic E-state index is 3.76. The van der Waals surface area contributed by atoms with Gasteiger partial charge < -0.3 is 0 Å². The van der Waals surface area contributed by atoms with Crippen LogP contribution in [0.4, 0.5) is 0 Å². The van der Waals surface area contributed by atoms with Gasteiger partial charge in [0.1, 0.15) is 0 Å². The fourth-order valence-corrected chi connectivity index (χ4v) is 1.37. The molecule has 13 heavy (non-hydrogen) atoms. The van der Waals surface area contributed by atoms with E-state index in [1.54, 1.807) is 0 Å². The van der Waals surface area contributed by atoms with Gasteiger partial charge in [-0.1, -0.05) is 34.1 Å². The van der Waals surface area contributed by atoms with Gasteiger partial charge in [0.2, 0.25) is 0 Å². The predicted octanol–water partition coefficient (Wildman–Crippen LogP) is 1.56. The van der Waals surface area contributed by atoms with Crippen LogP contribution in [-0.4, -0.2) is 20.6 Å². The molecular weight excluding hydrogens is 232 g/mol. The van der Waals surface area contributed by atoms with Gasteiger partial charge in [0.25, 0.3) is 0 Å². The zero-order chi connectivity index (χ0) is 9.10. The molecule has 5 heteroatoms. The van der Waals surface area contributed by atoms with Gasteiger partial charge in [-0.3, -0.25) is 0 Å². The molecule has 0 amide bonds. The van der Waals surface area contributed by atoms with E-state index in [4.69, 9.17) is 0 Å². The van der Waals surface area contributed by atoms with E-state index in [1.165, 1.54) is 0 Å². The lowest BCUT2D eigenvalue weighted by Gasteiger charge is -1.98. The Morgan fingerprint density at radius 1 is 1.31 bits per heavy atom. The van der Waals surface area contributed by atoms with Crippen LogP contribution in [0, 0.1) is 6.42 Å². The second-order valence-electron chi connectivity index (χ2n) is 2.45. The molecular formula is C8H6BrN4. The van der Waals surface area contributed by atoms with Gasteiger partial charge >= 0.3 is 0 Å². The minimum atomic E-state index is 0.645. The van der Waals surface area contributed by atoms with Crippen LogP contribution < -0.4 is 0 Å². The fraction of sp³-hybridized carbons (Fsp3) is 0. The molecule has 1 heterocycles. The van der Waals surface area contributed by atoms with E-state index < -0.39 is 0 Å². The van der Waals surface area contributed by atoms with Crippen LogP contribution in [0.2, 0.25) is 0 Å². The standard InChI is InChI=1S/C8H6BrN4/c9-7-4-2-1-3-6(7)5-8-10-12-13-11-8/h1-5H,(H,10,11,12,13). The summed E-state index contributed by atoms with van der Waals surface area (Å²) in [5.74, 6) is 0.645. The highest BCUT2D eigenvalue weighted by Gasteiger charge is 2.02. The van der Waals surface area contributed by atoms with Gasteiger partial charge in [-0.2, -0.15) is 0 Å². The number of halogens is 1. The van der Waals surface area contributed by atoms with E-state index in [0.29, 0.717) is 5.82 Å². The Bertz CT molecular complexity index is 385. The van der Waals surface area contributed by atoms with Crippen molar-refractivity contribution < 1.29 is 0 Å². The molecule has 0 aliphatic carbocycles. The molecule has 1 aromatic carbocycles. The molecule has 0 saturated carbocycles. The number of H-pyrrole nitrogens is 1. The summed E-state index contributed by atoms with van der Waals surface area (Å²) in [4.78, 5) is 0. The lowest BCUT2D eigenvalue weighted by molar-refractivity contribution is 0.881. The van der Waals surface area contributed by atoms with Crippen LogP contribution in [0.15, 0.2) is 28.7 Å². The third-order valence-electron chi connectivity index (χ3n) is 1.56. The largest absolute Gasteiger partial charge is 0.242 e. The Morgan fingerprint density at radius 2 is 2.15 bits per heavy atom. The van der Waals surface area contributed by atoms with E-state index in [0.717, 1.165) is 10.0 Å². The molecule has 1 N–H and O–H groups in total. The summed E-state index contributed by atoms with van der Waals surface area (Å²) < 4.78 is 1.02. The average molecular weight is 238 g/mol. The molecule has 0 aliphatic heterocycles. The Balaban J connectivity index is 2.24. The van der Waals surface area contributed by atoms with E-state index in [2.05, 4.69) is 36.6 Å². The molecule has 4 nitrogen and oxygen atoms in total. The highest BCUT2D eigenvalue weighted by Crippen LogP contribution is 2.18. The van der Waals surface area contributed by atoms with Crippen molar-refractivity contribution in [3.05, 3.63) is 46.5 Å². The minimum absolute atomic E-state index is 0.645. The molecule has 1 radical (unpaired) electrons. The Labute approximate surface area is 83.5 Å². The molecule has 1 aromatic heterocycles. The molecule has 2 rings (SSSR count). The van der Waals surface area contributed by atoms with Crippen LogP contribution in [0.5, 0.6) is 0 Å². The van der Waals surface area contributed by atoms with Crippen LogP contribution >= 0.6 is 15.9 Å². The summed E-state index contributed by atoms with van der Waals surface area (Å²) in [7, 11) is 0. The van der Waals surface area contributed by atoms with Crippen molar-refractivity contribution in [1.82, 2.24) is 20.6 Å². The first kappa shape index (κ1) is 8.37. The van der Waals surface area contributed by atoms with Crippen LogP contribution in [-0.2, 0) is 0 Å². The van der Waals surface area contributed by atoms with Crippen molar-refractivity contribution >= 4 is 15.9 Å². The monoisotopic (exact) mass is 237 g/mol. The maximum atomic E-state index is 3.76. The third kappa shape index (κ3) is 1.92. The fourth-order valence-electron chi connectivity index (χ4n) is 0.967. The first-order valence-corrected chi connectivity index (χ1v) is 4.48. The molecule has 0 bridgehead atoms. The minimum Gasteiger partial charge on any atom is -0.242 e. The number of nitrogens with zero attached hydrogens (tertiary/aromatic N) is 3. The van der Waals surface area contributed by atoms with E-state index in [1.807, 2.05) is 30.7 Å². The summed E-state index contributed by atoms with van der Waals surface area (Å²) in [5, 5.41) is 13.4. The number of benzene rings is 1. The van der Waals surface area contributed by atoms with E-state index >= 15 is 0 Å². The van der Waals surface area contributed by atoms with Gasteiger partial charge in [0.15, 0.2) is 5.82 Å². The van der Waals surface area contributed by atoms with Crippen molar-refractivity contribution in [2.75, 3.05) is 0 Å². The third-order valence-corrected chi connectivity index (χ3v) is 2.28. The van der Waals surface area contributed by atoms with Gasteiger partial charge in [0.05, 0.1) is 6.42 Å². The predicted molar refractivity (Wildman–Crippen MR) is 50.8 cm³/mol. The van der Waals surface area contributed by atoms with E-state index in [-0.39, 0.29) is 0 Å². The van der Waals surface area contributed by atoms with Crippen LogP contribution in [0.3, 0.4) is 0 Å². The maximum Gasteiger partial charge on any atom is 0.157 e. The van der Waals surface area contributed by atoms with Crippen LogP contribution in [0.25, 0.3) is 0 Å². The Hall–Kier alpha value is -1.23. The molecule has 0 saturated heterocycles. The van der Waals surface area contributed by atoms with Gasteiger partial charge in [-0.15, -0.1) is 5.10 Å². The molecule has 65 valence electrons. The Kier molecular flexibility index (Phi) is 2.35. The van der Waals surface area contributed by atoms with Gasteiger partial charge in [0, 0.05) is 4.47 Å². The first-order valence-electron chi connectivity index (χ1n) is 3.69. The molecule has 0 spiro atoms. The molecule has 0 fully saturated rings. The number of aromatic nitrogens is 4. The number of hydrogen-bond acceptors (Lipinski definition) is 3. The average Bonchev–Trinajstić information content (AvgIpc) is 2.61. The highest BCUT2D eigenvalue weighted by atomic mass is 79.9. The highest BCUT2D eigenvalue weighted by molar-refractivity contribution is 9.10. The summed E-state index contributed by atoms with van der Waals surface area (Å²) in [5.41, 5.74) is 1.04. The van der Waals surface area contributed by atoms with Crippen molar-refractivity contribution in [2.45, 2.75) is 0 Å². The van der Waals surface area contributed by atoms with E-state index in [9.17, 15) is 0 Å². The van der Waals surface area contributed by atoms with Crippen LogP contribution in [0.1, 0.15) is 11.4 Å². The van der Waals surface area contributed by atoms with Crippen molar-refractivity contribution in [3.8, 4) is 0 Å². The number of nitrogens with one attached hydrogen (secondary N) is 1. The summed E-state index contributed by atoms with van der Waals surface area (Å²) in [6.45, 7) is 0. The van der Waals surface area contributed by atoms with Crippen molar-refractivity contribution in [1.29, 1.82) is 0 Å². The Morgan fingerprint density at radius 3 is 2.85 bits per heavy atom. The molecule has 0 atom stereocenters. The number of hydrogen-bond donors (Lipinski definition) is 1.